The van der Waals surface area contributed by atoms with E-state index in [9.17, 15) is 0 Å². The van der Waals surface area contributed by atoms with Crippen molar-refractivity contribution in [1.82, 2.24) is 9.78 Å². The molecule has 0 radical (unpaired) electrons. The summed E-state index contributed by atoms with van der Waals surface area (Å²) in [5.74, 6) is 0.825. The highest BCUT2D eigenvalue weighted by Crippen LogP contribution is 2.34. The van der Waals surface area contributed by atoms with E-state index in [1.54, 1.807) is 13.3 Å². The van der Waals surface area contributed by atoms with Crippen LogP contribution in [-0.2, 0) is 11.3 Å². The highest BCUT2D eigenvalue weighted by molar-refractivity contribution is 5.84. The van der Waals surface area contributed by atoms with Gasteiger partial charge in [-0.25, -0.2) is 0 Å². The molecule has 1 aliphatic rings. The first-order valence-corrected chi connectivity index (χ1v) is 9.32. The second kappa shape index (κ2) is 7.82. The Bertz CT molecular complexity index is 946. The summed E-state index contributed by atoms with van der Waals surface area (Å²) in [6, 6.07) is 14.0. The zero-order valence-electron chi connectivity index (χ0n) is 16.0. The van der Waals surface area contributed by atoms with Crippen molar-refractivity contribution in [2.75, 3.05) is 49.8 Å². The molecule has 0 bridgehead atoms. The molecule has 0 aliphatic carbocycles. The van der Waals surface area contributed by atoms with E-state index in [0.29, 0.717) is 17.9 Å². The van der Waals surface area contributed by atoms with Crippen LogP contribution in [0.2, 0.25) is 0 Å². The summed E-state index contributed by atoms with van der Waals surface area (Å²) in [6.45, 7) is 3.79. The molecule has 0 atom stereocenters. The largest absolute Gasteiger partial charge is 0.497 e. The first kappa shape index (κ1) is 18.2. The average Bonchev–Trinajstić information content (AvgIpc) is 3.09. The van der Waals surface area contributed by atoms with Crippen LogP contribution >= 0.6 is 0 Å². The van der Waals surface area contributed by atoms with E-state index in [2.05, 4.69) is 16.1 Å². The number of nitrogens with two attached hydrogens (primary N) is 2. The smallest absolute Gasteiger partial charge is 0.118 e. The van der Waals surface area contributed by atoms with Crippen LogP contribution in [0.5, 0.6) is 5.75 Å². The normalized spacial score (nSPS) is 14.2. The third kappa shape index (κ3) is 3.61. The van der Waals surface area contributed by atoms with Crippen molar-refractivity contribution in [2.45, 2.75) is 6.54 Å². The van der Waals surface area contributed by atoms with Crippen molar-refractivity contribution >= 4 is 17.1 Å². The lowest BCUT2D eigenvalue weighted by Gasteiger charge is -2.29. The molecule has 1 saturated heterocycles. The first-order valence-electron chi connectivity index (χ1n) is 9.32. The molecule has 0 unspecified atom stereocenters. The van der Waals surface area contributed by atoms with Crippen LogP contribution in [0.3, 0.4) is 0 Å². The van der Waals surface area contributed by atoms with E-state index in [-0.39, 0.29) is 0 Å². The maximum absolute atomic E-state index is 6.32. The Kier molecular flexibility index (Phi) is 5.08. The standard InChI is InChI=1S/C21H25N5O2/c1-27-17-5-2-15(3-6-17)14-26-21(20(23)13-24-26)18-12-16(4-7-19(18)22)25-8-10-28-11-9-25/h2-7,12-13H,8-11,14,22-23H2,1H3. The highest BCUT2D eigenvalue weighted by Gasteiger charge is 2.17. The third-order valence-corrected chi connectivity index (χ3v) is 5.03. The quantitative estimate of drug-likeness (QED) is 0.662. The van der Waals surface area contributed by atoms with Gasteiger partial charge < -0.3 is 25.8 Å². The third-order valence-electron chi connectivity index (χ3n) is 5.03. The fourth-order valence-electron chi connectivity index (χ4n) is 3.49. The molecule has 1 aromatic heterocycles. The minimum atomic E-state index is 0.595. The summed E-state index contributed by atoms with van der Waals surface area (Å²) in [5, 5.41) is 4.48. The number of ether oxygens (including phenoxy) is 2. The minimum Gasteiger partial charge on any atom is -0.497 e. The van der Waals surface area contributed by atoms with Gasteiger partial charge in [-0.3, -0.25) is 4.68 Å². The van der Waals surface area contributed by atoms with E-state index in [1.807, 2.05) is 41.1 Å². The number of anilines is 3. The Morgan fingerprint density at radius 2 is 1.79 bits per heavy atom. The van der Waals surface area contributed by atoms with Gasteiger partial charge in [0.15, 0.2) is 0 Å². The molecule has 146 valence electrons. The zero-order chi connectivity index (χ0) is 19.5. The predicted octanol–water partition coefficient (Wildman–Crippen LogP) is 2.61. The second-order valence-corrected chi connectivity index (χ2v) is 6.83. The predicted molar refractivity (Wildman–Crippen MR) is 112 cm³/mol. The van der Waals surface area contributed by atoms with Crippen LogP contribution in [0.15, 0.2) is 48.7 Å². The fourth-order valence-corrected chi connectivity index (χ4v) is 3.49. The van der Waals surface area contributed by atoms with E-state index < -0.39 is 0 Å². The van der Waals surface area contributed by atoms with Crippen molar-refractivity contribution in [3.8, 4) is 17.0 Å². The maximum Gasteiger partial charge on any atom is 0.118 e. The number of methoxy groups -OCH3 is 1. The maximum atomic E-state index is 6.32. The number of nitrogen functional groups attached to an aromatic ring is 2. The van der Waals surface area contributed by atoms with E-state index >= 15 is 0 Å². The molecule has 7 nitrogen and oxygen atoms in total. The van der Waals surface area contributed by atoms with E-state index in [1.165, 1.54) is 0 Å². The van der Waals surface area contributed by atoms with Crippen LogP contribution in [0, 0.1) is 0 Å². The van der Waals surface area contributed by atoms with Gasteiger partial charge >= 0.3 is 0 Å². The molecule has 0 spiro atoms. The lowest BCUT2D eigenvalue weighted by Crippen LogP contribution is -2.36. The van der Waals surface area contributed by atoms with Gasteiger partial charge in [0.05, 0.1) is 44.4 Å². The van der Waals surface area contributed by atoms with Crippen LogP contribution < -0.4 is 21.1 Å². The average molecular weight is 379 g/mol. The Morgan fingerprint density at radius 1 is 1.04 bits per heavy atom. The first-order chi connectivity index (χ1) is 13.7. The number of nitrogens with zero attached hydrogens (tertiary/aromatic N) is 3. The summed E-state index contributed by atoms with van der Waals surface area (Å²) < 4.78 is 12.6. The van der Waals surface area contributed by atoms with Gasteiger partial charge in [-0.2, -0.15) is 5.10 Å². The van der Waals surface area contributed by atoms with Crippen LogP contribution in [-0.4, -0.2) is 43.2 Å². The van der Waals surface area contributed by atoms with Gasteiger partial charge in [0, 0.05) is 30.0 Å². The van der Waals surface area contributed by atoms with Gasteiger partial charge in [0.2, 0.25) is 0 Å². The van der Waals surface area contributed by atoms with Gasteiger partial charge in [0.1, 0.15) is 5.75 Å². The van der Waals surface area contributed by atoms with Gasteiger partial charge in [0.25, 0.3) is 0 Å². The van der Waals surface area contributed by atoms with Gasteiger partial charge in [-0.15, -0.1) is 0 Å². The molecule has 7 heteroatoms. The molecule has 4 N–H and O–H groups in total. The summed E-state index contributed by atoms with van der Waals surface area (Å²) in [7, 11) is 1.66. The van der Waals surface area contributed by atoms with Gasteiger partial charge in [-0.05, 0) is 35.9 Å². The number of rotatable bonds is 5. The number of morpholine rings is 1. The molecule has 4 rings (SSSR count). The SMILES string of the molecule is COc1ccc(Cn2ncc(N)c2-c2cc(N3CCOCC3)ccc2N)cc1. The number of hydrogen-bond acceptors (Lipinski definition) is 6. The number of benzene rings is 2. The van der Waals surface area contributed by atoms with Crippen molar-refractivity contribution in [2.24, 2.45) is 0 Å². The molecular weight excluding hydrogens is 354 g/mol. The van der Waals surface area contributed by atoms with Crippen molar-refractivity contribution < 1.29 is 9.47 Å². The van der Waals surface area contributed by atoms with Crippen molar-refractivity contribution in [1.29, 1.82) is 0 Å². The molecule has 28 heavy (non-hydrogen) atoms. The van der Waals surface area contributed by atoms with Gasteiger partial charge in [-0.1, -0.05) is 12.1 Å². The summed E-state index contributed by atoms with van der Waals surface area (Å²) in [5.41, 5.74) is 17.8. The summed E-state index contributed by atoms with van der Waals surface area (Å²) in [4.78, 5) is 2.30. The summed E-state index contributed by atoms with van der Waals surface area (Å²) in [6.07, 6.45) is 1.68. The molecule has 1 aliphatic heterocycles. The minimum absolute atomic E-state index is 0.595. The van der Waals surface area contributed by atoms with Crippen molar-refractivity contribution in [3.05, 3.63) is 54.2 Å². The van der Waals surface area contributed by atoms with Crippen LogP contribution in [0.4, 0.5) is 17.1 Å². The molecule has 0 saturated carbocycles. The molecule has 2 heterocycles. The topological polar surface area (TPSA) is 91.6 Å². The molecule has 3 aromatic rings. The Balaban J connectivity index is 1.68. The highest BCUT2D eigenvalue weighted by atomic mass is 16.5. The van der Waals surface area contributed by atoms with Crippen LogP contribution in [0.25, 0.3) is 11.3 Å². The number of aromatic nitrogens is 2. The van der Waals surface area contributed by atoms with Crippen LogP contribution in [0.1, 0.15) is 5.56 Å². The van der Waals surface area contributed by atoms with Crippen molar-refractivity contribution in [3.63, 3.8) is 0 Å². The Labute approximate surface area is 164 Å². The monoisotopic (exact) mass is 379 g/mol. The van der Waals surface area contributed by atoms with E-state index in [0.717, 1.165) is 54.6 Å². The summed E-state index contributed by atoms with van der Waals surface area (Å²) >= 11 is 0. The lowest BCUT2D eigenvalue weighted by molar-refractivity contribution is 0.122. The molecule has 1 fully saturated rings. The van der Waals surface area contributed by atoms with E-state index in [4.69, 9.17) is 20.9 Å². The zero-order valence-corrected chi connectivity index (χ0v) is 16.0. The fraction of sp³-hybridized carbons (Fsp3) is 0.286. The second-order valence-electron chi connectivity index (χ2n) is 6.83. The Morgan fingerprint density at radius 3 is 2.50 bits per heavy atom. The lowest BCUT2D eigenvalue weighted by atomic mass is 10.1. The molecule has 2 aromatic carbocycles. The molecular formula is C21H25N5O2. The molecule has 0 amide bonds. The number of hydrogen-bond donors (Lipinski definition) is 2. The Hall–Kier alpha value is -3.19.